The predicted molar refractivity (Wildman–Crippen MR) is 61.1 cm³/mol. The molecule has 1 saturated carbocycles. The van der Waals surface area contributed by atoms with E-state index < -0.39 is 0 Å². The van der Waals surface area contributed by atoms with Crippen LogP contribution in [0.1, 0.15) is 24.8 Å². The molecule has 1 heteroatoms. The molecule has 1 atom stereocenters. The molecule has 0 spiro atoms. The zero-order valence-electron chi connectivity index (χ0n) is 8.69. The number of fused-ring (bicyclic) bond motifs is 1. The maximum atomic E-state index is 4.20. The summed E-state index contributed by atoms with van der Waals surface area (Å²) in [4.78, 5) is 4.20. The van der Waals surface area contributed by atoms with E-state index in [9.17, 15) is 0 Å². The molecule has 0 saturated heterocycles. The molecule has 0 aromatic carbocycles. The van der Waals surface area contributed by atoms with Gasteiger partial charge in [-0.1, -0.05) is 29.9 Å². The zero-order valence-corrected chi connectivity index (χ0v) is 8.69. The third-order valence-electron chi connectivity index (χ3n) is 3.37. The quantitative estimate of drug-likeness (QED) is 0.671. The third kappa shape index (κ3) is 1.52. The van der Waals surface area contributed by atoms with Crippen LogP contribution in [0.25, 0.3) is 0 Å². The van der Waals surface area contributed by atoms with Gasteiger partial charge in [0, 0.05) is 18.3 Å². The van der Waals surface area contributed by atoms with Crippen molar-refractivity contribution in [3.8, 4) is 0 Å². The van der Waals surface area contributed by atoms with Gasteiger partial charge < -0.3 is 0 Å². The van der Waals surface area contributed by atoms with Gasteiger partial charge in [0.1, 0.15) is 0 Å². The SMILES string of the molecule is C1=CCC2CC[C](c3cccnc3)C2=C1. The normalized spacial score (nSPS) is 25.1. The van der Waals surface area contributed by atoms with Crippen LogP contribution in [0.2, 0.25) is 0 Å². The van der Waals surface area contributed by atoms with Crippen LogP contribution in [0.15, 0.2) is 48.3 Å². The lowest BCUT2D eigenvalue weighted by molar-refractivity contribution is 0.633. The van der Waals surface area contributed by atoms with Gasteiger partial charge in [0.05, 0.1) is 0 Å². The Labute approximate surface area is 90.5 Å². The Morgan fingerprint density at radius 3 is 3.20 bits per heavy atom. The second-order valence-electron chi connectivity index (χ2n) is 4.24. The average Bonchev–Trinajstić information content (AvgIpc) is 2.74. The van der Waals surface area contributed by atoms with Gasteiger partial charge in [-0.15, -0.1) is 0 Å². The van der Waals surface area contributed by atoms with Gasteiger partial charge in [-0.2, -0.15) is 0 Å². The van der Waals surface area contributed by atoms with E-state index in [4.69, 9.17) is 0 Å². The van der Waals surface area contributed by atoms with E-state index in [1.54, 1.807) is 5.57 Å². The number of nitrogens with zero attached hydrogens (tertiary/aromatic N) is 1. The van der Waals surface area contributed by atoms with Crippen molar-refractivity contribution in [1.82, 2.24) is 4.98 Å². The van der Waals surface area contributed by atoms with E-state index in [1.807, 2.05) is 18.5 Å². The summed E-state index contributed by atoms with van der Waals surface area (Å²) in [6.45, 7) is 0. The predicted octanol–water partition coefficient (Wildman–Crippen LogP) is 3.30. The Balaban J connectivity index is 1.95. The first-order valence-electron chi connectivity index (χ1n) is 5.58. The average molecular weight is 196 g/mol. The molecule has 15 heavy (non-hydrogen) atoms. The minimum absolute atomic E-state index is 0.769. The van der Waals surface area contributed by atoms with Crippen molar-refractivity contribution in [3.63, 3.8) is 0 Å². The van der Waals surface area contributed by atoms with Crippen molar-refractivity contribution in [2.45, 2.75) is 19.3 Å². The summed E-state index contributed by atoms with van der Waals surface area (Å²) in [6.07, 6.45) is 14.3. The maximum absolute atomic E-state index is 4.20. The van der Waals surface area contributed by atoms with E-state index in [2.05, 4.69) is 29.3 Å². The van der Waals surface area contributed by atoms with Crippen molar-refractivity contribution in [3.05, 3.63) is 59.8 Å². The highest BCUT2D eigenvalue weighted by Gasteiger charge is 2.31. The van der Waals surface area contributed by atoms with Crippen LogP contribution < -0.4 is 0 Å². The van der Waals surface area contributed by atoms with Crippen LogP contribution in [0.4, 0.5) is 0 Å². The van der Waals surface area contributed by atoms with Gasteiger partial charge in [-0.05, 0) is 36.8 Å². The lowest BCUT2D eigenvalue weighted by Crippen LogP contribution is -2.04. The van der Waals surface area contributed by atoms with E-state index >= 15 is 0 Å². The molecule has 1 nitrogen and oxygen atoms in total. The van der Waals surface area contributed by atoms with Gasteiger partial charge in [0.2, 0.25) is 0 Å². The van der Waals surface area contributed by atoms with Gasteiger partial charge in [-0.25, -0.2) is 0 Å². The van der Waals surface area contributed by atoms with Crippen molar-refractivity contribution < 1.29 is 0 Å². The van der Waals surface area contributed by atoms with E-state index in [0.29, 0.717) is 0 Å². The molecule has 1 heterocycles. The van der Waals surface area contributed by atoms with Gasteiger partial charge in [0.15, 0.2) is 0 Å². The summed E-state index contributed by atoms with van der Waals surface area (Å²) >= 11 is 0. The van der Waals surface area contributed by atoms with Crippen molar-refractivity contribution in [2.75, 3.05) is 0 Å². The van der Waals surface area contributed by atoms with Gasteiger partial charge >= 0.3 is 0 Å². The summed E-state index contributed by atoms with van der Waals surface area (Å²) in [5.74, 6) is 2.28. The summed E-state index contributed by atoms with van der Waals surface area (Å²) in [5, 5.41) is 0. The smallest absolute Gasteiger partial charge is 0.0318 e. The number of allylic oxidation sites excluding steroid dienone is 4. The van der Waals surface area contributed by atoms with Gasteiger partial charge in [0.25, 0.3) is 0 Å². The van der Waals surface area contributed by atoms with Crippen molar-refractivity contribution in [2.24, 2.45) is 5.92 Å². The van der Waals surface area contributed by atoms with Crippen LogP contribution in [0.5, 0.6) is 0 Å². The summed E-state index contributed by atoms with van der Waals surface area (Å²) in [7, 11) is 0. The summed E-state index contributed by atoms with van der Waals surface area (Å²) < 4.78 is 0. The molecule has 3 rings (SSSR count). The summed E-state index contributed by atoms with van der Waals surface area (Å²) in [5.41, 5.74) is 2.85. The molecule has 1 aromatic heterocycles. The van der Waals surface area contributed by atoms with Crippen molar-refractivity contribution >= 4 is 0 Å². The van der Waals surface area contributed by atoms with Crippen LogP contribution >= 0.6 is 0 Å². The topological polar surface area (TPSA) is 12.9 Å². The number of rotatable bonds is 1. The largest absolute Gasteiger partial charge is 0.264 e. The monoisotopic (exact) mass is 196 g/mol. The Kier molecular flexibility index (Phi) is 2.17. The molecule has 75 valence electrons. The standard InChI is InChI=1S/C14H14N/c1-2-6-13-11(4-1)7-8-14(13)12-5-3-9-15-10-12/h1-3,5-6,9-11H,4,7-8H2. The van der Waals surface area contributed by atoms with Crippen LogP contribution in [0.3, 0.4) is 0 Å². The molecule has 2 aliphatic carbocycles. The van der Waals surface area contributed by atoms with E-state index in [-0.39, 0.29) is 0 Å². The van der Waals surface area contributed by atoms with Crippen molar-refractivity contribution in [1.29, 1.82) is 0 Å². The summed E-state index contributed by atoms with van der Waals surface area (Å²) in [6, 6.07) is 4.19. The zero-order chi connectivity index (χ0) is 10.1. The second-order valence-corrected chi connectivity index (χ2v) is 4.24. The first kappa shape index (κ1) is 8.90. The minimum Gasteiger partial charge on any atom is -0.264 e. The number of hydrogen-bond acceptors (Lipinski definition) is 1. The molecule has 0 N–H and O–H groups in total. The fourth-order valence-electron chi connectivity index (χ4n) is 2.61. The van der Waals surface area contributed by atoms with Crippen LogP contribution in [-0.4, -0.2) is 4.98 Å². The molecule has 1 unspecified atom stereocenters. The molecule has 1 radical (unpaired) electrons. The first-order valence-corrected chi connectivity index (χ1v) is 5.58. The minimum atomic E-state index is 0.769. The fraction of sp³-hybridized carbons (Fsp3) is 0.286. The number of hydrogen-bond donors (Lipinski definition) is 0. The molecular formula is C14H14N. The molecule has 0 bridgehead atoms. The number of pyridine rings is 1. The molecule has 1 aromatic rings. The highest BCUT2D eigenvalue weighted by molar-refractivity contribution is 5.48. The Morgan fingerprint density at radius 2 is 2.33 bits per heavy atom. The lowest BCUT2D eigenvalue weighted by Gasteiger charge is -2.17. The molecule has 2 aliphatic rings. The van der Waals surface area contributed by atoms with E-state index in [0.717, 1.165) is 5.92 Å². The number of aromatic nitrogens is 1. The maximum Gasteiger partial charge on any atom is 0.0318 e. The first-order chi connectivity index (χ1) is 7.45. The lowest BCUT2D eigenvalue weighted by atomic mass is 9.87. The molecular weight excluding hydrogens is 182 g/mol. The molecule has 0 amide bonds. The highest BCUT2D eigenvalue weighted by Crippen LogP contribution is 2.44. The highest BCUT2D eigenvalue weighted by atomic mass is 14.6. The Bertz CT molecular complexity index is 403. The van der Waals surface area contributed by atoms with Crippen LogP contribution in [0, 0.1) is 11.8 Å². The Morgan fingerprint density at radius 1 is 1.33 bits per heavy atom. The van der Waals surface area contributed by atoms with Crippen LogP contribution in [-0.2, 0) is 0 Å². The van der Waals surface area contributed by atoms with Gasteiger partial charge in [-0.3, -0.25) is 4.98 Å². The molecule has 1 fully saturated rings. The van der Waals surface area contributed by atoms with E-state index in [1.165, 1.54) is 30.7 Å². The Hall–Kier alpha value is -1.37. The fourth-order valence-corrected chi connectivity index (χ4v) is 2.61. The molecule has 0 aliphatic heterocycles. The second kappa shape index (κ2) is 3.65. The third-order valence-corrected chi connectivity index (χ3v) is 3.37.